The van der Waals surface area contributed by atoms with Gasteiger partial charge in [-0.3, -0.25) is 10.8 Å². The van der Waals surface area contributed by atoms with Crippen LogP contribution in [0.4, 0.5) is 0 Å². The van der Waals surface area contributed by atoms with E-state index < -0.39 is 12.2 Å². The molecule has 6 heteroatoms. The highest BCUT2D eigenvalue weighted by molar-refractivity contribution is 5.84. The van der Waals surface area contributed by atoms with Crippen LogP contribution >= 0.6 is 0 Å². The number of aryl methyl sites for hydroxylation is 1. The number of amidine groups is 2. The minimum absolute atomic E-state index is 0.0778. The fraction of sp³-hybridized carbons (Fsp3) is 0.259. The van der Waals surface area contributed by atoms with Crippen molar-refractivity contribution in [2.24, 2.45) is 11.5 Å². The van der Waals surface area contributed by atoms with Gasteiger partial charge in [0.2, 0.25) is 0 Å². The third kappa shape index (κ3) is 6.84. The summed E-state index contributed by atoms with van der Waals surface area (Å²) in [5.41, 5.74) is 14.4. The first-order chi connectivity index (χ1) is 16.0. The molecule has 172 valence electrons. The van der Waals surface area contributed by atoms with Gasteiger partial charge in [-0.1, -0.05) is 80.4 Å². The SMILES string of the molecule is CCCCCc1cc(OC(C(=N)N)c2ccccc2)cc(OC(C(=N)N)c2ccccc2)c1. The Morgan fingerprint density at radius 1 is 0.727 bits per heavy atom. The predicted molar refractivity (Wildman–Crippen MR) is 133 cm³/mol. The van der Waals surface area contributed by atoms with Gasteiger partial charge in [-0.25, -0.2) is 0 Å². The molecule has 2 atom stereocenters. The van der Waals surface area contributed by atoms with Gasteiger partial charge >= 0.3 is 0 Å². The van der Waals surface area contributed by atoms with Crippen LogP contribution in [-0.4, -0.2) is 11.7 Å². The van der Waals surface area contributed by atoms with E-state index in [4.69, 9.17) is 31.8 Å². The van der Waals surface area contributed by atoms with E-state index in [0.717, 1.165) is 42.4 Å². The molecule has 0 aliphatic rings. The lowest BCUT2D eigenvalue weighted by molar-refractivity contribution is 0.256. The summed E-state index contributed by atoms with van der Waals surface area (Å²) in [4.78, 5) is 0. The van der Waals surface area contributed by atoms with Crippen LogP contribution in [0.25, 0.3) is 0 Å². The van der Waals surface area contributed by atoms with Gasteiger partial charge in [-0.15, -0.1) is 0 Å². The van der Waals surface area contributed by atoms with E-state index in [2.05, 4.69) is 6.92 Å². The first-order valence-corrected chi connectivity index (χ1v) is 11.2. The molecule has 3 aromatic rings. The van der Waals surface area contributed by atoms with Crippen LogP contribution in [0.3, 0.4) is 0 Å². The first-order valence-electron chi connectivity index (χ1n) is 11.2. The van der Waals surface area contributed by atoms with Gasteiger partial charge in [0.25, 0.3) is 0 Å². The molecule has 6 nitrogen and oxygen atoms in total. The molecule has 0 aromatic heterocycles. The summed E-state index contributed by atoms with van der Waals surface area (Å²) in [6.07, 6.45) is 2.75. The molecule has 0 spiro atoms. The lowest BCUT2D eigenvalue weighted by Crippen LogP contribution is -2.26. The maximum Gasteiger partial charge on any atom is 0.180 e. The zero-order valence-electron chi connectivity index (χ0n) is 19.0. The Bertz CT molecular complexity index is 976. The van der Waals surface area contributed by atoms with E-state index in [9.17, 15) is 0 Å². The molecular weight excluding hydrogens is 412 g/mol. The monoisotopic (exact) mass is 444 g/mol. The van der Waals surface area contributed by atoms with Crippen LogP contribution in [0.15, 0.2) is 78.9 Å². The lowest BCUT2D eigenvalue weighted by Gasteiger charge is -2.22. The van der Waals surface area contributed by atoms with Crippen LogP contribution in [0.1, 0.15) is 55.1 Å². The molecule has 3 aromatic carbocycles. The van der Waals surface area contributed by atoms with Crippen molar-refractivity contribution < 1.29 is 9.47 Å². The van der Waals surface area contributed by atoms with Crippen LogP contribution in [0.5, 0.6) is 11.5 Å². The minimum Gasteiger partial charge on any atom is -0.478 e. The Morgan fingerprint density at radius 2 is 1.18 bits per heavy atom. The molecule has 0 bridgehead atoms. The van der Waals surface area contributed by atoms with Crippen molar-refractivity contribution >= 4 is 11.7 Å². The number of nitrogens with one attached hydrogen (secondary N) is 2. The topological polar surface area (TPSA) is 118 Å². The normalized spacial score (nSPS) is 12.5. The van der Waals surface area contributed by atoms with Crippen LogP contribution in [-0.2, 0) is 6.42 Å². The number of rotatable bonds is 12. The molecule has 0 aliphatic carbocycles. The number of hydrogen-bond acceptors (Lipinski definition) is 4. The van der Waals surface area contributed by atoms with E-state index in [-0.39, 0.29) is 11.7 Å². The van der Waals surface area contributed by atoms with E-state index in [0.29, 0.717) is 11.5 Å². The minimum atomic E-state index is -0.706. The van der Waals surface area contributed by atoms with Crippen molar-refractivity contribution in [3.8, 4) is 11.5 Å². The smallest absolute Gasteiger partial charge is 0.180 e. The standard InChI is InChI=1S/C27H32N4O2/c1-2-3-6-11-19-16-22(32-24(26(28)29)20-12-7-4-8-13-20)18-23(17-19)33-25(27(30)31)21-14-9-5-10-15-21/h4-5,7-10,12-18,24-25H,2-3,6,11H2,1H3,(H3,28,29)(H3,30,31). The number of hydrogen-bond donors (Lipinski definition) is 4. The third-order valence-corrected chi connectivity index (χ3v) is 5.29. The van der Waals surface area contributed by atoms with Crippen LogP contribution < -0.4 is 20.9 Å². The van der Waals surface area contributed by atoms with Crippen molar-refractivity contribution in [2.75, 3.05) is 0 Å². The summed E-state index contributed by atoms with van der Waals surface area (Å²) in [6.45, 7) is 2.17. The van der Waals surface area contributed by atoms with Crippen molar-refractivity contribution in [3.05, 3.63) is 95.6 Å². The molecule has 0 heterocycles. The van der Waals surface area contributed by atoms with Crippen LogP contribution in [0.2, 0.25) is 0 Å². The van der Waals surface area contributed by atoms with Gasteiger partial charge in [0.1, 0.15) is 23.2 Å². The Kier molecular flexibility index (Phi) is 8.47. The van der Waals surface area contributed by atoms with Crippen molar-refractivity contribution in [1.29, 1.82) is 10.8 Å². The van der Waals surface area contributed by atoms with Crippen LogP contribution in [0, 0.1) is 10.8 Å². The first kappa shape index (κ1) is 23.9. The third-order valence-electron chi connectivity index (χ3n) is 5.29. The largest absolute Gasteiger partial charge is 0.478 e. The lowest BCUT2D eigenvalue weighted by atomic mass is 10.1. The Morgan fingerprint density at radius 3 is 1.58 bits per heavy atom. The fourth-order valence-corrected chi connectivity index (χ4v) is 3.64. The van der Waals surface area contributed by atoms with Gasteiger partial charge in [-0.05, 0) is 41.7 Å². The number of ether oxygens (including phenoxy) is 2. The summed E-state index contributed by atoms with van der Waals surface area (Å²) in [6, 6.07) is 24.6. The fourth-order valence-electron chi connectivity index (χ4n) is 3.64. The Labute approximate surface area is 195 Å². The molecule has 0 aliphatic heterocycles. The second kappa shape index (κ2) is 11.7. The molecular formula is C27H32N4O2. The summed E-state index contributed by atoms with van der Waals surface area (Å²) < 4.78 is 12.4. The Hall–Kier alpha value is -3.80. The molecule has 6 N–H and O–H groups in total. The molecule has 3 rings (SSSR count). The zero-order chi connectivity index (χ0) is 23.6. The Balaban J connectivity index is 1.92. The average molecular weight is 445 g/mol. The van der Waals surface area contributed by atoms with Gasteiger partial charge in [-0.2, -0.15) is 0 Å². The highest BCUT2D eigenvalue weighted by Crippen LogP contribution is 2.31. The summed E-state index contributed by atoms with van der Waals surface area (Å²) >= 11 is 0. The molecule has 0 radical (unpaired) electrons. The molecule has 0 amide bonds. The summed E-state index contributed by atoms with van der Waals surface area (Å²) in [5.74, 6) is 0.953. The molecule has 0 fully saturated rings. The molecule has 0 saturated carbocycles. The maximum absolute atomic E-state index is 8.04. The molecule has 33 heavy (non-hydrogen) atoms. The highest BCUT2D eigenvalue weighted by Gasteiger charge is 2.20. The summed E-state index contributed by atoms with van der Waals surface area (Å²) in [7, 11) is 0. The van der Waals surface area contributed by atoms with E-state index >= 15 is 0 Å². The quantitative estimate of drug-likeness (QED) is 0.167. The van der Waals surface area contributed by atoms with Gasteiger partial charge in [0, 0.05) is 6.07 Å². The van der Waals surface area contributed by atoms with E-state index in [1.165, 1.54) is 0 Å². The number of unbranched alkanes of at least 4 members (excludes halogenated alkanes) is 2. The van der Waals surface area contributed by atoms with Crippen molar-refractivity contribution in [2.45, 2.75) is 44.8 Å². The summed E-state index contributed by atoms with van der Waals surface area (Å²) in [5, 5.41) is 16.1. The zero-order valence-corrected chi connectivity index (χ0v) is 19.0. The number of nitrogens with two attached hydrogens (primary N) is 2. The second-order valence-electron chi connectivity index (χ2n) is 8.00. The van der Waals surface area contributed by atoms with Crippen molar-refractivity contribution in [1.82, 2.24) is 0 Å². The van der Waals surface area contributed by atoms with Gasteiger partial charge in [0.05, 0.1) is 0 Å². The highest BCUT2D eigenvalue weighted by atomic mass is 16.5. The van der Waals surface area contributed by atoms with Gasteiger partial charge in [0.15, 0.2) is 12.2 Å². The van der Waals surface area contributed by atoms with E-state index in [1.54, 1.807) is 6.07 Å². The van der Waals surface area contributed by atoms with Crippen molar-refractivity contribution in [3.63, 3.8) is 0 Å². The van der Waals surface area contributed by atoms with Gasteiger partial charge < -0.3 is 20.9 Å². The maximum atomic E-state index is 8.04. The predicted octanol–water partition coefficient (Wildman–Crippen LogP) is 5.53. The average Bonchev–Trinajstić information content (AvgIpc) is 2.82. The molecule has 0 saturated heterocycles. The van der Waals surface area contributed by atoms with E-state index in [1.807, 2.05) is 72.8 Å². The molecule has 2 unspecified atom stereocenters. The second-order valence-corrected chi connectivity index (χ2v) is 8.00. The number of benzene rings is 3.